The van der Waals surface area contributed by atoms with Gasteiger partial charge in [0.15, 0.2) is 0 Å². The minimum atomic E-state index is -0.123. The van der Waals surface area contributed by atoms with Crippen LogP contribution >= 0.6 is 15.9 Å². The second kappa shape index (κ2) is 5.77. The molecular formula is C16H15BrN2O2. The highest BCUT2D eigenvalue weighted by Crippen LogP contribution is 2.30. The molecule has 0 radical (unpaired) electrons. The zero-order valence-electron chi connectivity index (χ0n) is 11.6. The van der Waals surface area contributed by atoms with Crippen LogP contribution in [0, 0.1) is 0 Å². The molecule has 2 amide bonds. The monoisotopic (exact) mass is 346 g/mol. The Morgan fingerprint density at radius 2 is 2.00 bits per heavy atom. The lowest BCUT2D eigenvalue weighted by atomic mass is 10.1. The third kappa shape index (κ3) is 2.74. The molecule has 0 aliphatic carbocycles. The second-order valence-corrected chi connectivity index (χ2v) is 5.72. The Balaban J connectivity index is 1.75. The molecule has 2 aromatic carbocycles. The molecule has 0 spiro atoms. The number of carbonyl (C=O) groups is 1. The van der Waals surface area contributed by atoms with Crippen molar-refractivity contribution in [3.63, 3.8) is 0 Å². The third-order valence-corrected chi connectivity index (χ3v) is 4.30. The van der Waals surface area contributed by atoms with E-state index in [0.717, 1.165) is 4.47 Å². The molecular weight excluding hydrogens is 332 g/mol. The van der Waals surface area contributed by atoms with Crippen molar-refractivity contribution in [3.05, 3.63) is 58.1 Å². The first-order valence-electron chi connectivity index (χ1n) is 6.64. The fourth-order valence-electron chi connectivity index (χ4n) is 2.47. The summed E-state index contributed by atoms with van der Waals surface area (Å²) < 4.78 is 6.30. The first-order valence-corrected chi connectivity index (χ1v) is 7.43. The molecule has 1 N–H and O–H groups in total. The van der Waals surface area contributed by atoms with Crippen molar-refractivity contribution in [2.24, 2.45) is 0 Å². The van der Waals surface area contributed by atoms with Crippen molar-refractivity contribution in [1.29, 1.82) is 0 Å². The van der Waals surface area contributed by atoms with Gasteiger partial charge in [0.2, 0.25) is 0 Å². The van der Waals surface area contributed by atoms with E-state index in [-0.39, 0.29) is 6.03 Å². The van der Waals surface area contributed by atoms with Gasteiger partial charge in [0.25, 0.3) is 0 Å². The van der Waals surface area contributed by atoms with Gasteiger partial charge in [0.05, 0.1) is 12.8 Å². The number of benzene rings is 2. The number of fused-ring (bicyclic) bond motifs is 1. The lowest BCUT2D eigenvalue weighted by Gasteiger charge is -2.17. The minimum Gasteiger partial charge on any atom is -0.495 e. The van der Waals surface area contributed by atoms with Gasteiger partial charge >= 0.3 is 6.03 Å². The van der Waals surface area contributed by atoms with Crippen LogP contribution in [-0.2, 0) is 13.1 Å². The van der Waals surface area contributed by atoms with E-state index in [9.17, 15) is 4.79 Å². The molecule has 3 rings (SSSR count). The predicted octanol–water partition coefficient (Wildman–Crippen LogP) is 4.01. The van der Waals surface area contributed by atoms with E-state index in [2.05, 4.69) is 27.3 Å². The molecule has 5 heteroatoms. The topological polar surface area (TPSA) is 41.6 Å². The minimum absolute atomic E-state index is 0.123. The van der Waals surface area contributed by atoms with E-state index in [1.165, 1.54) is 11.1 Å². The Bertz CT molecular complexity index is 688. The van der Waals surface area contributed by atoms with Crippen LogP contribution in [0.15, 0.2) is 46.9 Å². The largest absolute Gasteiger partial charge is 0.495 e. The van der Waals surface area contributed by atoms with Gasteiger partial charge in [-0.25, -0.2) is 4.79 Å². The first kappa shape index (κ1) is 13.9. The summed E-state index contributed by atoms with van der Waals surface area (Å²) >= 11 is 3.54. The average Bonchev–Trinajstić information content (AvgIpc) is 2.93. The molecule has 1 aliphatic heterocycles. The second-order valence-electron chi connectivity index (χ2n) is 4.86. The fourth-order valence-corrected chi connectivity index (χ4v) is 3.00. The molecule has 0 aromatic heterocycles. The highest BCUT2D eigenvalue weighted by Gasteiger charge is 2.25. The highest BCUT2D eigenvalue weighted by atomic mass is 79.9. The van der Waals surface area contributed by atoms with Crippen molar-refractivity contribution in [2.45, 2.75) is 13.1 Å². The maximum absolute atomic E-state index is 12.4. The summed E-state index contributed by atoms with van der Waals surface area (Å²) in [7, 11) is 1.59. The Kier molecular flexibility index (Phi) is 3.84. The number of methoxy groups -OCH3 is 1. The molecule has 0 unspecified atom stereocenters. The van der Waals surface area contributed by atoms with E-state index < -0.39 is 0 Å². The first-order chi connectivity index (χ1) is 10.2. The molecule has 0 atom stereocenters. The fraction of sp³-hybridized carbons (Fsp3) is 0.188. The van der Waals surface area contributed by atoms with Crippen LogP contribution in [0.2, 0.25) is 0 Å². The number of carbonyl (C=O) groups excluding carboxylic acids is 1. The van der Waals surface area contributed by atoms with E-state index in [0.29, 0.717) is 24.5 Å². The third-order valence-electron chi connectivity index (χ3n) is 3.56. The molecule has 108 valence electrons. The van der Waals surface area contributed by atoms with E-state index in [1.807, 2.05) is 36.4 Å². The molecule has 0 saturated heterocycles. The van der Waals surface area contributed by atoms with Crippen LogP contribution in [0.25, 0.3) is 0 Å². The number of halogens is 1. The van der Waals surface area contributed by atoms with Gasteiger partial charge in [-0.15, -0.1) is 0 Å². The quantitative estimate of drug-likeness (QED) is 0.892. The standard InChI is InChI=1S/C16H15BrN2O2/c1-21-15-8-3-2-7-14(15)18-16(20)19-9-11-5-4-6-13(17)12(11)10-19/h2-8H,9-10H2,1H3,(H,18,20). The molecule has 1 aliphatic rings. The van der Waals surface area contributed by atoms with Gasteiger partial charge in [-0.05, 0) is 29.3 Å². The molecule has 4 nitrogen and oxygen atoms in total. The number of hydrogen-bond donors (Lipinski definition) is 1. The van der Waals surface area contributed by atoms with Gasteiger partial charge in [0, 0.05) is 17.6 Å². The number of ether oxygens (including phenoxy) is 1. The summed E-state index contributed by atoms with van der Waals surface area (Å²) in [5, 5.41) is 2.90. The average molecular weight is 347 g/mol. The molecule has 0 bridgehead atoms. The van der Waals surface area contributed by atoms with Crippen molar-refractivity contribution >= 4 is 27.6 Å². The number of hydrogen-bond acceptors (Lipinski definition) is 2. The van der Waals surface area contributed by atoms with Crippen LogP contribution in [0.1, 0.15) is 11.1 Å². The van der Waals surface area contributed by atoms with Crippen LogP contribution in [0.4, 0.5) is 10.5 Å². The van der Waals surface area contributed by atoms with Gasteiger partial charge in [0.1, 0.15) is 5.75 Å². The summed E-state index contributed by atoms with van der Waals surface area (Å²) in [6, 6.07) is 13.3. The van der Waals surface area contributed by atoms with E-state index in [4.69, 9.17) is 4.74 Å². The van der Waals surface area contributed by atoms with Gasteiger partial charge in [-0.3, -0.25) is 0 Å². The van der Waals surface area contributed by atoms with Crippen LogP contribution in [-0.4, -0.2) is 18.0 Å². The number of nitrogens with one attached hydrogen (secondary N) is 1. The summed E-state index contributed by atoms with van der Waals surface area (Å²) in [5.74, 6) is 0.656. The van der Waals surface area contributed by atoms with E-state index in [1.54, 1.807) is 12.0 Å². The lowest BCUT2D eigenvalue weighted by molar-refractivity contribution is 0.212. The maximum atomic E-state index is 12.4. The predicted molar refractivity (Wildman–Crippen MR) is 85.4 cm³/mol. The Morgan fingerprint density at radius 1 is 1.19 bits per heavy atom. The maximum Gasteiger partial charge on any atom is 0.322 e. The smallest absolute Gasteiger partial charge is 0.322 e. The van der Waals surface area contributed by atoms with Gasteiger partial charge in [-0.2, -0.15) is 0 Å². The summed E-state index contributed by atoms with van der Waals surface area (Å²) in [5.41, 5.74) is 3.03. The molecule has 2 aromatic rings. The van der Waals surface area contributed by atoms with E-state index >= 15 is 0 Å². The van der Waals surface area contributed by atoms with Crippen molar-refractivity contribution in [1.82, 2.24) is 4.90 Å². The van der Waals surface area contributed by atoms with Crippen molar-refractivity contribution in [3.8, 4) is 5.75 Å². The highest BCUT2D eigenvalue weighted by molar-refractivity contribution is 9.10. The number of rotatable bonds is 2. The van der Waals surface area contributed by atoms with Crippen molar-refractivity contribution in [2.75, 3.05) is 12.4 Å². The number of para-hydroxylation sites is 2. The number of amides is 2. The van der Waals surface area contributed by atoms with Gasteiger partial charge < -0.3 is 15.0 Å². The number of urea groups is 1. The summed E-state index contributed by atoms with van der Waals surface area (Å²) in [4.78, 5) is 14.2. The van der Waals surface area contributed by atoms with Crippen LogP contribution < -0.4 is 10.1 Å². The van der Waals surface area contributed by atoms with Crippen molar-refractivity contribution < 1.29 is 9.53 Å². The molecule has 1 heterocycles. The molecule has 21 heavy (non-hydrogen) atoms. The Hall–Kier alpha value is -2.01. The normalized spacial score (nSPS) is 13.0. The Morgan fingerprint density at radius 3 is 2.76 bits per heavy atom. The lowest BCUT2D eigenvalue weighted by Crippen LogP contribution is -2.30. The zero-order valence-corrected chi connectivity index (χ0v) is 13.2. The molecule has 0 saturated carbocycles. The van der Waals surface area contributed by atoms with Crippen LogP contribution in [0.5, 0.6) is 5.75 Å². The zero-order chi connectivity index (χ0) is 14.8. The number of nitrogens with zero attached hydrogens (tertiary/aromatic N) is 1. The Labute approximate surface area is 131 Å². The molecule has 0 fully saturated rings. The van der Waals surface area contributed by atoms with Gasteiger partial charge in [-0.1, -0.05) is 40.2 Å². The SMILES string of the molecule is COc1ccccc1NC(=O)N1Cc2cccc(Br)c2C1. The summed E-state index contributed by atoms with van der Waals surface area (Å²) in [6.45, 7) is 1.23. The number of anilines is 1. The van der Waals surface area contributed by atoms with Crippen LogP contribution in [0.3, 0.4) is 0 Å². The summed E-state index contributed by atoms with van der Waals surface area (Å²) in [6.07, 6.45) is 0.